The van der Waals surface area contributed by atoms with Crippen LogP contribution in [0.5, 0.6) is 5.75 Å². The van der Waals surface area contributed by atoms with Crippen molar-refractivity contribution < 1.29 is 72.5 Å². The fourth-order valence-electron chi connectivity index (χ4n) is 10.9. The van der Waals surface area contributed by atoms with Crippen LogP contribution in [0.15, 0.2) is 54.6 Å². The minimum atomic E-state index is -1.76. The van der Waals surface area contributed by atoms with Gasteiger partial charge < -0.3 is 91.2 Å². The van der Waals surface area contributed by atoms with E-state index in [4.69, 9.17) is 28.7 Å². The Labute approximate surface area is 535 Å². The van der Waals surface area contributed by atoms with Crippen LogP contribution in [0.4, 0.5) is 0 Å². The van der Waals surface area contributed by atoms with Gasteiger partial charge in [0.25, 0.3) is 0 Å². The molecule has 20 N–H and O–H groups in total. The quantitative estimate of drug-likeness (QED) is 0.0300. The van der Waals surface area contributed by atoms with E-state index in [-0.39, 0.29) is 95.1 Å². The number of hydrogen-bond donors (Lipinski definition) is 15. The molecule has 2 fully saturated rings. The third-order valence-corrected chi connectivity index (χ3v) is 15.6. The van der Waals surface area contributed by atoms with Crippen LogP contribution in [-0.2, 0) is 75.2 Å². The Morgan fingerprint density at radius 3 is 1.52 bits per heavy atom. The van der Waals surface area contributed by atoms with E-state index in [2.05, 4.69) is 42.5 Å². The fourth-order valence-corrected chi connectivity index (χ4v) is 10.9. The molecule has 2 aromatic carbocycles. The minimum Gasteiger partial charge on any atom is -0.508 e. The highest BCUT2D eigenvalue weighted by molar-refractivity contribution is 6.00. The molecule has 10 unspecified atom stereocenters. The van der Waals surface area contributed by atoms with Gasteiger partial charge in [-0.1, -0.05) is 70.2 Å². The summed E-state index contributed by atoms with van der Waals surface area (Å²) in [5, 5.41) is 40.4. The molecule has 2 saturated heterocycles. The molecule has 0 bridgehead atoms. The van der Waals surface area contributed by atoms with Gasteiger partial charge in [-0.15, -0.1) is 0 Å². The smallest absolute Gasteiger partial charge is 0.326 e. The van der Waals surface area contributed by atoms with Gasteiger partial charge in [0.05, 0.1) is 25.4 Å². The zero-order chi connectivity index (χ0) is 68.2. The second kappa shape index (κ2) is 38.2. The number of carboxylic acids is 1. The number of phenols is 1. The monoisotopic (exact) mass is 1290 g/mol. The van der Waals surface area contributed by atoms with Gasteiger partial charge in [0.15, 0.2) is 0 Å². The Morgan fingerprint density at radius 2 is 0.967 bits per heavy atom. The topological polar surface area (TPSA) is 495 Å². The average molecular weight is 1290 g/mol. The van der Waals surface area contributed by atoms with Crippen LogP contribution in [0.1, 0.15) is 129 Å². The third kappa shape index (κ3) is 25.1. The molecule has 2 aromatic rings. The number of benzene rings is 2. The molecule has 30 nitrogen and oxygen atoms in total. The van der Waals surface area contributed by atoms with Crippen LogP contribution in [-0.4, -0.2) is 190 Å². The molecule has 30 heteroatoms. The molecule has 4 rings (SSSR count). The summed E-state index contributed by atoms with van der Waals surface area (Å²) in [7, 11) is 0. The number of carboxylic acid groups (broad SMARTS) is 1. The Morgan fingerprint density at radius 1 is 0.511 bits per heavy atom. The molecule has 0 saturated carbocycles. The molecule has 508 valence electrons. The van der Waals surface area contributed by atoms with Gasteiger partial charge in [-0.25, -0.2) is 4.79 Å². The van der Waals surface area contributed by atoms with Gasteiger partial charge in [-0.2, -0.15) is 0 Å². The van der Waals surface area contributed by atoms with Crippen molar-refractivity contribution in [3.8, 4) is 5.75 Å². The predicted molar refractivity (Wildman–Crippen MR) is 336 cm³/mol. The number of carbonyl (C=O) groups is 13. The lowest BCUT2D eigenvalue weighted by molar-refractivity contribution is -0.149. The molecule has 2 aliphatic heterocycles. The summed E-state index contributed by atoms with van der Waals surface area (Å²) in [4.78, 5) is 179. The van der Waals surface area contributed by atoms with E-state index < -0.39 is 157 Å². The summed E-state index contributed by atoms with van der Waals surface area (Å²) in [6.45, 7) is 7.09. The lowest BCUT2D eigenvalue weighted by Gasteiger charge is -2.31. The van der Waals surface area contributed by atoms with Crippen LogP contribution in [0.25, 0.3) is 0 Å². The number of aromatic hydroxyl groups is 1. The number of rotatable bonds is 39. The lowest BCUT2D eigenvalue weighted by Crippen LogP contribution is -2.60. The highest BCUT2D eigenvalue weighted by Gasteiger charge is 2.42. The maximum absolute atomic E-state index is 14.4. The van der Waals surface area contributed by atoms with Crippen molar-refractivity contribution >= 4 is 76.9 Å². The second-order valence-corrected chi connectivity index (χ2v) is 24.3. The first-order valence-electron chi connectivity index (χ1n) is 31.4. The number of likely N-dealkylation sites (tertiary alicyclic amines) is 2. The van der Waals surface area contributed by atoms with E-state index in [1.807, 2.05) is 0 Å². The van der Waals surface area contributed by atoms with Crippen LogP contribution in [0, 0.1) is 11.8 Å². The van der Waals surface area contributed by atoms with E-state index >= 15 is 0 Å². The number of amides is 12. The maximum atomic E-state index is 14.4. The number of nitrogens with two attached hydrogens (primary N) is 5. The molecular weight excluding hydrogens is 1190 g/mol. The number of nitrogens with zero attached hydrogens (tertiary/aromatic N) is 2. The van der Waals surface area contributed by atoms with Crippen molar-refractivity contribution in [2.75, 3.05) is 32.7 Å². The molecule has 2 aliphatic rings. The zero-order valence-electron chi connectivity index (χ0n) is 53.0. The highest BCUT2D eigenvalue weighted by Crippen LogP contribution is 2.23. The molecule has 10 atom stereocenters. The predicted octanol–water partition coefficient (Wildman–Crippen LogP) is -2.82. The number of aliphatic carboxylic acids is 1. The first kappa shape index (κ1) is 75.7. The van der Waals surface area contributed by atoms with Crippen molar-refractivity contribution in [3.63, 3.8) is 0 Å². The highest BCUT2D eigenvalue weighted by atomic mass is 16.4. The number of primary amides is 2. The van der Waals surface area contributed by atoms with Crippen LogP contribution < -0.4 is 71.2 Å². The SMILES string of the molecule is CC(C)CC(NC(=O)C1CCCN1C(=O)C(CC(C)C)NC(=O)C(CC(N)=O)NC(=O)C(N)Cc1ccccc1)C(=O)NCC(=O)NC(CC(N)=O)C(=O)NC(Cc1ccc(O)cc1)C(=O)NC(CCCCN)C(=O)NC(CCCCN)C(=O)N1CCCC1C(=O)O. The molecule has 92 heavy (non-hydrogen) atoms. The number of unbranched alkanes of at least 4 members (excludes halogenated alkanes) is 2. The van der Waals surface area contributed by atoms with Crippen LogP contribution in [0.3, 0.4) is 0 Å². The van der Waals surface area contributed by atoms with Gasteiger partial charge >= 0.3 is 5.97 Å². The first-order chi connectivity index (χ1) is 43.6. The minimum absolute atomic E-state index is 0.00565. The molecule has 0 spiro atoms. The third-order valence-electron chi connectivity index (χ3n) is 15.6. The second-order valence-electron chi connectivity index (χ2n) is 24.3. The van der Waals surface area contributed by atoms with Crippen molar-refractivity contribution in [2.24, 2.45) is 40.5 Å². The summed E-state index contributed by atoms with van der Waals surface area (Å²) in [6, 6.07) is 1.27. The summed E-state index contributed by atoms with van der Waals surface area (Å²) >= 11 is 0. The van der Waals surface area contributed by atoms with Gasteiger partial charge in [0.1, 0.15) is 60.1 Å². The fraction of sp³-hybridized carbons (Fsp3) is 0.597. The normalized spacial score (nSPS) is 17.1. The average Bonchev–Trinajstić information content (AvgIpc) is 1.79. The number of nitrogens with one attached hydrogen (secondary N) is 8. The molecule has 0 radical (unpaired) electrons. The summed E-state index contributed by atoms with van der Waals surface area (Å²) in [6.07, 6.45) is 1.48. The van der Waals surface area contributed by atoms with Crippen LogP contribution in [0.2, 0.25) is 0 Å². The molecular formula is C62H95N15O15. The van der Waals surface area contributed by atoms with Gasteiger partial charge in [-0.05, 0) is 132 Å². The summed E-state index contributed by atoms with van der Waals surface area (Å²) < 4.78 is 0. The molecule has 0 aliphatic carbocycles. The van der Waals surface area contributed by atoms with E-state index in [1.54, 1.807) is 58.0 Å². The number of phenolic OH excluding ortho intramolecular Hbond substituents is 1. The Kier molecular flexibility index (Phi) is 31.4. The Balaban J connectivity index is 1.49. The maximum Gasteiger partial charge on any atom is 0.326 e. The van der Waals surface area contributed by atoms with E-state index in [9.17, 15) is 72.5 Å². The number of carbonyl (C=O) groups excluding carboxylic acids is 12. The van der Waals surface area contributed by atoms with E-state index in [0.717, 1.165) is 5.56 Å². The summed E-state index contributed by atoms with van der Waals surface area (Å²) in [5.41, 5.74) is 29.8. The molecule has 12 amide bonds. The van der Waals surface area contributed by atoms with Crippen LogP contribution >= 0.6 is 0 Å². The van der Waals surface area contributed by atoms with Gasteiger partial charge in [-0.3, -0.25) is 57.5 Å². The Bertz CT molecular complexity index is 2860. The lowest BCUT2D eigenvalue weighted by atomic mass is 10.0. The van der Waals surface area contributed by atoms with E-state index in [1.165, 1.54) is 34.1 Å². The standard InChI is InChI=1S/C62H95N15O15/c1-35(2)28-43(74-59(88)48-18-12-26-76(48)61(90)47(29-36(3)4)75-58(87)46(33-51(67)80)72-53(82)40(65)30-37-14-6-5-7-15-37)54(83)68-34-52(81)69-45(32-50(66)79)57(86)73-44(31-38-20-22-39(78)23-21-38)56(85)70-41(16-8-10-24-63)55(84)71-42(17-9-11-25-64)60(89)77-27-13-19-49(77)62(91)92/h5-7,14-15,20-23,35-36,40-49,78H,8-13,16-19,24-34,63-65H2,1-4H3,(H2,66,79)(H2,67,80)(H,68,83)(H,69,81)(H,70,85)(H,71,84)(H,72,82)(H,73,86)(H,74,88)(H,75,87)(H,91,92). The molecule has 0 aromatic heterocycles. The number of hydrogen-bond acceptors (Lipinski definition) is 17. The van der Waals surface area contributed by atoms with Crippen molar-refractivity contribution in [1.29, 1.82) is 0 Å². The van der Waals surface area contributed by atoms with Crippen molar-refractivity contribution in [3.05, 3.63) is 65.7 Å². The van der Waals surface area contributed by atoms with Gasteiger partial charge in [0, 0.05) is 19.5 Å². The van der Waals surface area contributed by atoms with E-state index in [0.29, 0.717) is 44.1 Å². The summed E-state index contributed by atoms with van der Waals surface area (Å²) in [5.74, 6) is -12.0. The molecule has 2 heterocycles. The first-order valence-corrected chi connectivity index (χ1v) is 31.4. The van der Waals surface area contributed by atoms with Gasteiger partial charge in [0.2, 0.25) is 70.9 Å². The zero-order valence-corrected chi connectivity index (χ0v) is 53.0. The van der Waals surface area contributed by atoms with Crippen molar-refractivity contribution in [1.82, 2.24) is 52.3 Å². The van der Waals surface area contributed by atoms with Crippen molar-refractivity contribution in [2.45, 2.75) is 191 Å². The largest absolute Gasteiger partial charge is 0.508 e. The Hall–Kier alpha value is -8.77.